The third-order valence-corrected chi connectivity index (χ3v) is 2.03. The number of aromatic nitrogens is 1. The molecule has 1 heterocycles. The number of likely N-dealkylation sites (N-methyl/N-ethyl adjacent to an activating group) is 2. The molecule has 0 saturated carbocycles. The fourth-order valence-electron chi connectivity index (χ4n) is 1.09. The van der Waals surface area contributed by atoms with E-state index in [4.69, 9.17) is 0 Å². The fraction of sp³-hybridized carbons (Fsp3) is 0.500. The minimum Gasteiger partial charge on any atom is -0.372 e. The summed E-state index contributed by atoms with van der Waals surface area (Å²) in [5.41, 5.74) is 2.23. The molecule has 0 fully saturated rings. The second-order valence-corrected chi connectivity index (χ2v) is 3.18. The molecule has 0 radical (unpaired) electrons. The lowest BCUT2D eigenvalue weighted by atomic mass is 10.3. The van der Waals surface area contributed by atoms with E-state index in [2.05, 4.69) is 28.3 Å². The maximum Gasteiger partial charge on any atom is 0.0550 e. The smallest absolute Gasteiger partial charge is 0.0550 e. The molecule has 0 saturated heterocycles. The lowest BCUT2D eigenvalue weighted by molar-refractivity contribution is 0.766. The van der Waals surface area contributed by atoms with Gasteiger partial charge in [0.2, 0.25) is 0 Å². The Balaban J connectivity index is 2.55. The number of hydrogen-bond donors (Lipinski definition) is 1. The molecule has 3 nitrogen and oxygen atoms in total. The number of nitrogens with one attached hydrogen (secondary N) is 1. The Morgan fingerprint density at radius 1 is 1.46 bits per heavy atom. The van der Waals surface area contributed by atoms with Crippen LogP contribution < -0.4 is 10.2 Å². The quantitative estimate of drug-likeness (QED) is 0.748. The molecule has 0 aliphatic carbocycles. The van der Waals surface area contributed by atoms with Gasteiger partial charge in [0.15, 0.2) is 0 Å². The topological polar surface area (TPSA) is 28.2 Å². The molecule has 1 aromatic heterocycles. The van der Waals surface area contributed by atoms with Crippen LogP contribution >= 0.6 is 0 Å². The van der Waals surface area contributed by atoms with Crippen LogP contribution in [0.2, 0.25) is 0 Å². The number of hydrogen-bond acceptors (Lipinski definition) is 3. The van der Waals surface area contributed by atoms with E-state index in [0.717, 1.165) is 18.8 Å². The van der Waals surface area contributed by atoms with E-state index in [1.807, 2.05) is 26.2 Å². The summed E-state index contributed by atoms with van der Waals surface area (Å²) in [5, 5.41) is 3.12. The first-order valence-corrected chi connectivity index (χ1v) is 4.52. The van der Waals surface area contributed by atoms with Crippen molar-refractivity contribution in [2.24, 2.45) is 0 Å². The molecule has 0 aliphatic heterocycles. The van der Waals surface area contributed by atoms with Gasteiger partial charge in [-0.25, -0.2) is 0 Å². The Morgan fingerprint density at radius 2 is 2.23 bits per heavy atom. The lowest BCUT2D eigenvalue weighted by Gasteiger charge is -2.18. The summed E-state index contributed by atoms with van der Waals surface area (Å²) in [6.07, 6.45) is 1.91. The van der Waals surface area contributed by atoms with Crippen molar-refractivity contribution in [3.05, 3.63) is 24.0 Å². The molecule has 13 heavy (non-hydrogen) atoms. The number of pyridine rings is 1. The summed E-state index contributed by atoms with van der Waals surface area (Å²) in [5.74, 6) is 0. The van der Waals surface area contributed by atoms with E-state index in [1.165, 1.54) is 5.69 Å². The van der Waals surface area contributed by atoms with Crippen molar-refractivity contribution in [1.29, 1.82) is 0 Å². The first-order chi connectivity index (χ1) is 6.24. The van der Waals surface area contributed by atoms with Crippen LogP contribution in [0.15, 0.2) is 18.3 Å². The van der Waals surface area contributed by atoms with Gasteiger partial charge in [0, 0.05) is 25.8 Å². The molecule has 0 amide bonds. The van der Waals surface area contributed by atoms with Crippen molar-refractivity contribution in [2.45, 2.75) is 6.92 Å². The third kappa shape index (κ3) is 3.03. The largest absolute Gasteiger partial charge is 0.372 e. The average molecular weight is 179 g/mol. The lowest BCUT2D eigenvalue weighted by Crippen LogP contribution is -2.27. The zero-order valence-corrected chi connectivity index (χ0v) is 8.54. The van der Waals surface area contributed by atoms with Crippen molar-refractivity contribution in [3.63, 3.8) is 0 Å². The highest BCUT2D eigenvalue weighted by atomic mass is 15.1. The Labute approximate surface area is 79.8 Å². The SMILES string of the molecule is CNCCN(C)c1ccc(C)nc1. The van der Waals surface area contributed by atoms with Crippen molar-refractivity contribution in [1.82, 2.24) is 10.3 Å². The van der Waals surface area contributed by atoms with Gasteiger partial charge < -0.3 is 10.2 Å². The van der Waals surface area contributed by atoms with Crippen LogP contribution in [0.3, 0.4) is 0 Å². The highest BCUT2D eigenvalue weighted by molar-refractivity contribution is 5.43. The van der Waals surface area contributed by atoms with Gasteiger partial charge in [-0.2, -0.15) is 0 Å². The van der Waals surface area contributed by atoms with E-state index in [1.54, 1.807) is 0 Å². The van der Waals surface area contributed by atoms with Crippen LogP contribution in [-0.4, -0.2) is 32.2 Å². The first kappa shape index (κ1) is 9.99. The minimum absolute atomic E-state index is 0.990. The van der Waals surface area contributed by atoms with Crippen LogP contribution in [-0.2, 0) is 0 Å². The summed E-state index contributed by atoms with van der Waals surface area (Å²) in [7, 11) is 4.03. The zero-order valence-electron chi connectivity index (χ0n) is 8.54. The third-order valence-electron chi connectivity index (χ3n) is 2.03. The average Bonchev–Trinajstić information content (AvgIpc) is 2.15. The molecule has 0 atom stereocenters. The van der Waals surface area contributed by atoms with Crippen LogP contribution in [0.5, 0.6) is 0 Å². The predicted octanol–water partition coefficient (Wildman–Crippen LogP) is 1.05. The molecule has 0 unspecified atom stereocenters. The molecule has 0 aromatic carbocycles. The molecule has 3 heteroatoms. The maximum absolute atomic E-state index is 4.25. The zero-order chi connectivity index (χ0) is 9.68. The van der Waals surface area contributed by atoms with Crippen molar-refractivity contribution in [3.8, 4) is 0 Å². The van der Waals surface area contributed by atoms with Crippen molar-refractivity contribution < 1.29 is 0 Å². The van der Waals surface area contributed by atoms with Gasteiger partial charge in [-0.15, -0.1) is 0 Å². The normalized spacial score (nSPS) is 10.1. The number of nitrogens with zero attached hydrogens (tertiary/aromatic N) is 2. The summed E-state index contributed by atoms with van der Waals surface area (Å²) < 4.78 is 0. The summed E-state index contributed by atoms with van der Waals surface area (Å²) in [4.78, 5) is 6.43. The van der Waals surface area contributed by atoms with E-state index in [9.17, 15) is 0 Å². The molecule has 0 bridgehead atoms. The van der Waals surface area contributed by atoms with Gasteiger partial charge >= 0.3 is 0 Å². The van der Waals surface area contributed by atoms with Crippen LogP contribution in [0, 0.1) is 6.92 Å². The molecular formula is C10H17N3. The molecule has 1 aromatic rings. The van der Waals surface area contributed by atoms with Crippen LogP contribution in [0.4, 0.5) is 5.69 Å². The van der Waals surface area contributed by atoms with Gasteiger partial charge in [-0.05, 0) is 26.1 Å². The second kappa shape index (κ2) is 4.82. The van der Waals surface area contributed by atoms with Gasteiger partial charge in [-0.3, -0.25) is 4.98 Å². The summed E-state index contributed by atoms with van der Waals surface area (Å²) in [6.45, 7) is 3.99. The monoisotopic (exact) mass is 179 g/mol. The van der Waals surface area contributed by atoms with E-state index in [-0.39, 0.29) is 0 Å². The molecule has 0 spiro atoms. The summed E-state index contributed by atoms with van der Waals surface area (Å²) >= 11 is 0. The van der Waals surface area contributed by atoms with Crippen LogP contribution in [0.1, 0.15) is 5.69 Å². The maximum atomic E-state index is 4.25. The summed E-state index contributed by atoms with van der Waals surface area (Å²) in [6, 6.07) is 4.13. The van der Waals surface area contributed by atoms with Gasteiger partial charge in [-0.1, -0.05) is 0 Å². The van der Waals surface area contributed by atoms with Gasteiger partial charge in [0.25, 0.3) is 0 Å². The minimum atomic E-state index is 0.990. The van der Waals surface area contributed by atoms with Crippen molar-refractivity contribution >= 4 is 5.69 Å². The van der Waals surface area contributed by atoms with E-state index >= 15 is 0 Å². The Hall–Kier alpha value is -1.09. The fourth-order valence-corrected chi connectivity index (χ4v) is 1.09. The second-order valence-electron chi connectivity index (χ2n) is 3.18. The van der Waals surface area contributed by atoms with E-state index < -0.39 is 0 Å². The molecule has 0 aliphatic rings. The first-order valence-electron chi connectivity index (χ1n) is 4.52. The van der Waals surface area contributed by atoms with Gasteiger partial charge in [0.1, 0.15) is 0 Å². The van der Waals surface area contributed by atoms with Gasteiger partial charge in [0.05, 0.1) is 11.9 Å². The molecule has 1 N–H and O–H groups in total. The molecular weight excluding hydrogens is 162 g/mol. The molecule has 72 valence electrons. The number of anilines is 1. The van der Waals surface area contributed by atoms with E-state index in [0.29, 0.717) is 0 Å². The predicted molar refractivity (Wildman–Crippen MR) is 56.2 cm³/mol. The Bertz CT molecular complexity index is 243. The van der Waals surface area contributed by atoms with Crippen molar-refractivity contribution in [2.75, 3.05) is 32.1 Å². The number of aryl methyl sites for hydroxylation is 1. The number of rotatable bonds is 4. The molecule has 1 rings (SSSR count). The Morgan fingerprint density at radius 3 is 2.77 bits per heavy atom. The highest BCUT2D eigenvalue weighted by Gasteiger charge is 1.98. The Kier molecular flexibility index (Phi) is 3.71. The highest BCUT2D eigenvalue weighted by Crippen LogP contribution is 2.09. The standard InChI is InChI=1S/C10H17N3/c1-9-4-5-10(8-12-9)13(3)7-6-11-2/h4-5,8,11H,6-7H2,1-3H3. The van der Waals surface area contributed by atoms with Crippen LogP contribution in [0.25, 0.3) is 0 Å².